The van der Waals surface area contributed by atoms with Crippen molar-refractivity contribution in [3.05, 3.63) is 11.6 Å². The summed E-state index contributed by atoms with van der Waals surface area (Å²) in [6.07, 6.45) is 1.46. The second-order valence-electron chi connectivity index (χ2n) is 3.99. The van der Waals surface area contributed by atoms with Gasteiger partial charge in [0.05, 0.1) is 13.2 Å². The van der Waals surface area contributed by atoms with Crippen molar-refractivity contribution in [2.75, 3.05) is 13.2 Å². The molecule has 1 saturated heterocycles. The van der Waals surface area contributed by atoms with Crippen LogP contribution < -0.4 is 0 Å². The topological polar surface area (TPSA) is 54.0 Å². The van der Waals surface area contributed by atoms with E-state index in [2.05, 4.69) is 9.78 Å². The van der Waals surface area contributed by atoms with Gasteiger partial charge in [0.15, 0.2) is 5.79 Å². The van der Waals surface area contributed by atoms with E-state index < -0.39 is 11.8 Å². The molecule has 1 rings (SSSR count). The summed E-state index contributed by atoms with van der Waals surface area (Å²) in [4.78, 5) is 20.4. The molecule has 1 fully saturated rings. The molecule has 16 heavy (non-hydrogen) atoms. The van der Waals surface area contributed by atoms with Crippen molar-refractivity contribution < 1.29 is 24.0 Å². The fourth-order valence-corrected chi connectivity index (χ4v) is 1.32. The lowest BCUT2D eigenvalue weighted by atomic mass is 10.2. The summed E-state index contributed by atoms with van der Waals surface area (Å²) < 4.78 is 10.9. The SMILES string of the molecule is CCOOC(=O)/C(C)=C/C1COC(C)(C)O1. The maximum Gasteiger partial charge on any atom is 0.368 e. The minimum Gasteiger partial charge on any atom is -0.347 e. The first-order valence-corrected chi connectivity index (χ1v) is 5.28. The van der Waals surface area contributed by atoms with Crippen molar-refractivity contribution in [2.24, 2.45) is 0 Å². The van der Waals surface area contributed by atoms with Crippen LogP contribution in [0.2, 0.25) is 0 Å². The highest BCUT2D eigenvalue weighted by Crippen LogP contribution is 2.23. The number of ether oxygens (including phenoxy) is 2. The van der Waals surface area contributed by atoms with E-state index in [4.69, 9.17) is 9.47 Å². The predicted molar refractivity (Wildman–Crippen MR) is 56.4 cm³/mol. The Morgan fingerprint density at radius 1 is 1.56 bits per heavy atom. The highest BCUT2D eigenvalue weighted by atomic mass is 17.2. The molecule has 92 valence electrons. The van der Waals surface area contributed by atoms with Gasteiger partial charge in [-0.15, -0.1) is 0 Å². The maximum absolute atomic E-state index is 11.3. The van der Waals surface area contributed by atoms with Crippen LogP contribution >= 0.6 is 0 Å². The van der Waals surface area contributed by atoms with Gasteiger partial charge in [-0.1, -0.05) is 0 Å². The van der Waals surface area contributed by atoms with Crippen LogP contribution in [0.5, 0.6) is 0 Å². The Balaban J connectivity index is 2.47. The molecular weight excluding hydrogens is 212 g/mol. The molecule has 1 aliphatic rings. The van der Waals surface area contributed by atoms with Crippen LogP contribution in [0.3, 0.4) is 0 Å². The normalized spacial score (nSPS) is 24.5. The molecule has 0 bridgehead atoms. The van der Waals surface area contributed by atoms with E-state index in [1.165, 1.54) is 0 Å². The van der Waals surface area contributed by atoms with Crippen LogP contribution in [-0.2, 0) is 24.0 Å². The van der Waals surface area contributed by atoms with Gasteiger partial charge < -0.3 is 9.47 Å². The molecule has 0 amide bonds. The minimum absolute atomic E-state index is 0.218. The Kier molecular flexibility index (Phi) is 4.46. The molecule has 0 aromatic rings. The largest absolute Gasteiger partial charge is 0.368 e. The van der Waals surface area contributed by atoms with Gasteiger partial charge in [-0.05, 0) is 33.8 Å². The molecule has 0 spiro atoms. The van der Waals surface area contributed by atoms with Crippen LogP contribution in [0.15, 0.2) is 11.6 Å². The van der Waals surface area contributed by atoms with Crippen molar-refractivity contribution in [1.29, 1.82) is 0 Å². The third kappa shape index (κ3) is 3.92. The Morgan fingerprint density at radius 2 is 2.25 bits per heavy atom. The van der Waals surface area contributed by atoms with Crippen LogP contribution in [-0.4, -0.2) is 31.1 Å². The number of carbonyl (C=O) groups is 1. The summed E-state index contributed by atoms with van der Waals surface area (Å²) in [6.45, 7) is 7.81. The Labute approximate surface area is 95.2 Å². The third-order valence-electron chi connectivity index (χ3n) is 2.04. The van der Waals surface area contributed by atoms with E-state index in [0.717, 1.165) is 0 Å². The van der Waals surface area contributed by atoms with Gasteiger partial charge in [-0.25, -0.2) is 4.79 Å². The van der Waals surface area contributed by atoms with Gasteiger partial charge in [0, 0.05) is 5.57 Å². The summed E-state index contributed by atoms with van der Waals surface area (Å²) in [6, 6.07) is 0. The Morgan fingerprint density at radius 3 is 2.75 bits per heavy atom. The van der Waals surface area contributed by atoms with Crippen molar-refractivity contribution in [1.82, 2.24) is 0 Å². The summed E-state index contributed by atoms with van der Waals surface area (Å²) in [5, 5.41) is 0. The van der Waals surface area contributed by atoms with Crippen molar-refractivity contribution in [3.8, 4) is 0 Å². The van der Waals surface area contributed by atoms with E-state index in [-0.39, 0.29) is 6.10 Å². The zero-order valence-corrected chi connectivity index (χ0v) is 10.1. The molecule has 0 N–H and O–H groups in total. The van der Waals surface area contributed by atoms with Gasteiger partial charge in [0.25, 0.3) is 0 Å². The van der Waals surface area contributed by atoms with Crippen LogP contribution in [0.25, 0.3) is 0 Å². The van der Waals surface area contributed by atoms with Crippen LogP contribution in [0, 0.1) is 0 Å². The maximum atomic E-state index is 11.3. The second kappa shape index (κ2) is 5.43. The lowest BCUT2D eigenvalue weighted by molar-refractivity contribution is -0.265. The average Bonchev–Trinajstić information content (AvgIpc) is 2.54. The summed E-state index contributed by atoms with van der Waals surface area (Å²) in [5.74, 6) is -1.10. The Bertz CT molecular complexity index is 282. The molecule has 0 aromatic heterocycles. The molecule has 1 aliphatic heterocycles. The smallest absolute Gasteiger partial charge is 0.347 e. The molecule has 5 nitrogen and oxygen atoms in total. The van der Waals surface area contributed by atoms with E-state index in [1.807, 2.05) is 13.8 Å². The molecule has 1 unspecified atom stereocenters. The fourth-order valence-electron chi connectivity index (χ4n) is 1.32. The standard InChI is InChI=1S/C11H18O5/c1-5-14-16-10(12)8(2)6-9-7-13-11(3,4)15-9/h6,9H,5,7H2,1-4H3/b8-6+. The average molecular weight is 230 g/mol. The number of rotatable bonds is 4. The highest BCUT2D eigenvalue weighted by Gasteiger charge is 2.31. The number of hydrogen-bond donors (Lipinski definition) is 0. The molecule has 0 aromatic carbocycles. The number of hydrogen-bond acceptors (Lipinski definition) is 5. The van der Waals surface area contributed by atoms with E-state index in [0.29, 0.717) is 18.8 Å². The molecule has 0 aliphatic carbocycles. The molecule has 1 heterocycles. The van der Waals surface area contributed by atoms with Gasteiger partial charge in [0.1, 0.15) is 6.10 Å². The summed E-state index contributed by atoms with van der Waals surface area (Å²) >= 11 is 0. The molecule has 0 radical (unpaired) electrons. The fraction of sp³-hybridized carbons (Fsp3) is 0.727. The quantitative estimate of drug-likeness (QED) is 0.417. The van der Waals surface area contributed by atoms with Gasteiger partial charge in [-0.2, -0.15) is 4.89 Å². The molecular formula is C11H18O5. The molecule has 0 saturated carbocycles. The Hall–Kier alpha value is -0.910. The molecule has 5 heteroatoms. The van der Waals surface area contributed by atoms with Crippen molar-refractivity contribution in [3.63, 3.8) is 0 Å². The molecule has 1 atom stereocenters. The second-order valence-corrected chi connectivity index (χ2v) is 3.99. The lowest BCUT2D eigenvalue weighted by Crippen LogP contribution is -2.21. The summed E-state index contributed by atoms with van der Waals surface area (Å²) in [5.41, 5.74) is 0.444. The van der Waals surface area contributed by atoms with Crippen molar-refractivity contribution in [2.45, 2.75) is 39.6 Å². The van der Waals surface area contributed by atoms with E-state index in [9.17, 15) is 4.79 Å². The predicted octanol–water partition coefficient (Wildman–Crippen LogP) is 1.58. The third-order valence-corrected chi connectivity index (χ3v) is 2.04. The van der Waals surface area contributed by atoms with E-state index >= 15 is 0 Å². The minimum atomic E-state index is -0.592. The van der Waals surface area contributed by atoms with Crippen LogP contribution in [0.4, 0.5) is 0 Å². The first-order valence-electron chi connectivity index (χ1n) is 5.28. The lowest BCUT2D eigenvalue weighted by Gasteiger charge is -2.15. The van der Waals surface area contributed by atoms with Crippen LogP contribution in [0.1, 0.15) is 27.7 Å². The zero-order valence-electron chi connectivity index (χ0n) is 10.1. The van der Waals surface area contributed by atoms with Gasteiger partial charge >= 0.3 is 5.97 Å². The van der Waals surface area contributed by atoms with E-state index in [1.54, 1.807) is 19.9 Å². The van der Waals surface area contributed by atoms with Gasteiger partial charge in [0.2, 0.25) is 0 Å². The van der Waals surface area contributed by atoms with Gasteiger partial charge in [-0.3, -0.25) is 4.89 Å². The highest BCUT2D eigenvalue weighted by molar-refractivity contribution is 5.87. The monoisotopic (exact) mass is 230 g/mol. The summed E-state index contributed by atoms with van der Waals surface area (Å²) in [7, 11) is 0. The number of carbonyl (C=O) groups excluding carboxylic acids is 1. The zero-order chi connectivity index (χ0) is 12.2. The van der Waals surface area contributed by atoms with Crippen molar-refractivity contribution >= 4 is 5.97 Å². The first-order chi connectivity index (χ1) is 7.44. The first kappa shape index (κ1) is 13.2.